The Hall–Kier alpha value is -6.66. The number of aromatic nitrogens is 4. The van der Waals surface area contributed by atoms with Gasteiger partial charge in [0.05, 0.1) is 49.2 Å². The molecule has 0 bridgehead atoms. The zero-order valence-electron chi connectivity index (χ0n) is 35.7. The largest absolute Gasteiger partial charge is 0.490 e. The van der Waals surface area contributed by atoms with Gasteiger partial charge in [0.2, 0.25) is 11.8 Å². The molecule has 2 saturated heterocycles. The number of imidazole rings is 2. The molecule has 336 valence electrons. The third kappa shape index (κ3) is 10.3. The number of benzene rings is 3. The molecule has 7 rings (SSSR count). The Morgan fingerprint density at radius 2 is 1.21 bits per heavy atom. The van der Waals surface area contributed by atoms with Crippen LogP contribution >= 0.6 is 0 Å². The molecule has 4 atom stereocenters. The predicted octanol–water partition coefficient (Wildman–Crippen LogP) is 7.49. The number of hydrogen-bond acceptors (Lipinski definition) is 9. The highest BCUT2D eigenvalue weighted by Crippen LogP contribution is 2.36. The summed E-state index contributed by atoms with van der Waals surface area (Å²) >= 11 is 0. The number of ether oxygens (including phenoxy) is 2. The van der Waals surface area contributed by atoms with Gasteiger partial charge in [0.1, 0.15) is 23.7 Å². The van der Waals surface area contributed by atoms with E-state index in [1.54, 1.807) is 0 Å². The fraction of sp³-hybridized carbons (Fsp3) is 0.432. The molecule has 0 radical (unpaired) electrons. The van der Waals surface area contributed by atoms with E-state index in [2.05, 4.69) is 69.1 Å². The standard InChI is InChI=1S/C42H50N8O6.C2HF3O2/c1-23(2)35(47-41(53)55-5)39(51)49-17-7-9-33(49)37-43-22-32(46-37)29-14-13-25-19-26(11-12-27(25)20-29)28-15-16-30-31(21-28)45-38(44-30)34-10-8-18-50(34)40(52)36(24(3)4)48-42(54)56-6;3-2(4,5)1(6)7/h11-16,19-24,33-36H,7-10,17-18H2,1-6H3,(H,43,46)(H,44,45)(H,47,53)(H,48,54);(H,6,7)/t33-,34-,35-,36-;/m0./s1. The molecule has 4 heterocycles. The van der Waals surface area contributed by atoms with Gasteiger partial charge in [0.15, 0.2) is 0 Å². The van der Waals surface area contributed by atoms with E-state index in [-0.39, 0.29) is 35.7 Å². The molecule has 63 heavy (non-hydrogen) atoms. The van der Waals surface area contributed by atoms with Gasteiger partial charge in [-0.25, -0.2) is 24.4 Å². The van der Waals surface area contributed by atoms with Crippen molar-refractivity contribution < 1.29 is 51.7 Å². The lowest BCUT2D eigenvalue weighted by Crippen LogP contribution is -2.51. The molecule has 3 aromatic carbocycles. The smallest absolute Gasteiger partial charge is 0.475 e. The molecule has 0 spiro atoms. The minimum absolute atomic E-state index is 0.108. The first-order chi connectivity index (χ1) is 29.9. The number of halogens is 3. The van der Waals surface area contributed by atoms with Crippen LogP contribution in [0.5, 0.6) is 0 Å². The summed E-state index contributed by atoms with van der Waals surface area (Å²) in [5, 5.41) is 14.7. The maximum Gasteiger partial charge on any atom is 0.490 e. The Morgan fingerprint density at radius 1 is 0.730 bits per heavy atom. The molecule has 2 aliphatic heterocycles. The van der Waals surface area contributed by atoms with Crippen LogP contribution in [0, 0.1) is 11.8 Å². The number of nitrogens with one attached hydrogen (secondary N) is 4. The highest BCUT2D eigenvalue weighted by molar-refractivity contribution is 5.92. The zero-order valence-corrected chi connectivity index (χ0v) is 35.7. The molecular weight excluding hydrogens is 826 g/mol. The van der Waals surface area contributed by atoms with Gasteiger partial charge in [0.25, 0.3) is 0 Å². The minimum atomic E-state index is -5.08. The number of H-pyrrole nitrogens is 2. The van der Waals surface area contributed by atoms with E-state index in [1.807, 2.05) is 49.8 Å². The first kappa shape index (κ1) is 45.9. The highest BCUT2D eigenvalue weighted by atomic mass is 19.4. The number of rotatable bonds is 10. The number of aromatic amines is 2. The van der Waals surface area contributed by atoms with Gasteiger partial charge in [-0.3, -0.25) is 9.59 Å². The molecule has 0 aliphatic carbocycles. The first-order valence-corrected chi connectivity index (χ1v) is 20.6. The van der Waals surface area contributed by atoms with Gasteiger partial charge in [-0.05, 0) is 83.7 Å². The van der Waals surface area contributed by atoms with Gasteiger partial charge in [-0.2, -0.15) is 13.2 Å². The topological polar surface area (TPSA) is 212 Å². The van der Waals surface area contributed by atoms with Gasteiger partial charge in [-0.15, -0.1) is 0 Å². The molecule has 2 aromatic heterocycles. The van der Waals surface area contributed by atoms with Crippen LogP contribution in [-0.4, -0.2) is 110 Å². The summed E-state index contributed by atoms with van der Waals surface area (Å²) in [6.45, 7) is 8.80. The van der Waals surface area contributed by atoms with Crippen molar-refractivity contribution in [3.05, 3.63) is 72.4 Å². The van der Waals surface area contributed by atoms with Crippen LogP contribution in [-0.2, 0) is 23.9 Å². The highest BCUT2D eigenvalue weighted by Gasteiger charge is 2.40. The number of aliphatic carboxylic acids is 1. The summed E-state index contributed by atoms with van der Waals surface area (Å²) in [4.78, 5) is 80.3. The number of carbonyl (C=O) groups excluding carboxylic acids is 4. The second kappa shape index (κ2) is 19.2. The Labute approximate surface area is 360 Å². The third-order valence-corrected chi connectivity index (χ3v) is 11.3. The van der Waals surface area contributed by atoms with Gasteiger partial charge >= 0.3 is 24.3 Å². The Bertz CT molecular complexity index is 2480. The molecule has 0 unspecified atom stereocenters. The number of fused-ring (bicyclic) bond motifs is 2. The zero-order chi connectivity index (χ0) is 45.7. The van der Waals surface area contributed by atoms with Gasteiger partial charge in [-0.1, -0.05) is 58.0 Å². The third-order valence-electron chi connectivity index (χ3n) is 11.3. The normalized spacial score (nSPS) is 17.4. The lowest BCUT2D eigenvalue weighted by molar-refractivity contribution is -0.192. The van der Waals surface area contributed by atoms with E-state index in [4.69, 9.17) is 29.3 Å². The number of hydrogen-bond donors (Lipinski definition) is 5. The number of amides is 4. The summed E-state index contributed by atoms with van der Waals surface area (Å²) in [5.41, 5.74) is 5.65. The Kier molecular flexibility index (Phi) is 13.9. The average Bonchev–Trinajstić information content (AvgIpc) is 4.09. The van der Waals surface area contributed by atoms with Crippen LogP contribution in [0.4, 0.5) is 22.8 Å². The van der Waals surface area contributed by atoms with E-state index in [9.17, 15) is 32.3 Å². The number of methoxy groups -OCH3 is 2. The van der Waals surface area contributed by atoms with Crippen LogP contribution in [0.2, 0.25) is 0 Å². The van der Waals surface area contributed by atoms with Crippen molar-refractivity contribution in [3.8, 4) is 22.4 Å². The Morgan fingerprint density at radius 3 is 1.71 bits per heavy atom. The van der Waals surface area contributed by atoms with Crippen molar-refractivity contribution in [2.45, 2.75) is 83.7 Å². The maximum absolute atomic E-state index is 13.6. The molecule has 5 N–H and O–H groups in total. The molecule has 19 heteroatoms. The number of alkyl halides is 3. The number of alkyl carbamates (subject to hydrolysis) is 2. The van der Waals surface area contributed by atoms with Crippen molar-refractivity contribution in [2.24, 2.45) is 11.8 Å². The van der Waals surface area contributed by atoms with Gasteiger partial charge < -0.3 is 45.0 Å². The van der Waals surface area contributed by atoms with Crippen LogP contribution in [0.1, 0.15) is 77.1 Å². The molecular formula is C44H51F3N8O8. The van der Waals surface area contributed by atoms with E-state index in [1.165, 1.54) is 14.2 Å². The summed E-state index contributed by atoms with van der Waals surface area (Å²) in [6, 6.07) is 17.0. The van der Waals surface area contributed by atoms with Crippen LogP contribution in [0.3, 0.4) is 0 Å². The average molecular weight is 877 g/mol. The van der Waals surface area contributed by atoms with Crippen LogP contribution < -0.4 is 10.6 Å². The fourth-order valence-corrected chi connectivity index (χ4v) is 8.00. The van der Waals surface area contributed by atoms with E-state index < -0.39 is 36.4 Å². The Balaban J connectivity index is 0.000000871. The summed E-state index contributed by atoms with van der Waals surface area (Å²) < 4.78 is 41.3. The molecule has 0 saturated carbocycles. The summed E-state index contributed by atoms with van der Waals surface area (Å²) in [5.74, 6) is -1.79. The molecule has 16 nitrogen and oxygen atoms in total. The lowest BCUT2D eigenvalue weighted by Gasteiger charge is -2.30. The van der Waals surface area contributed by atoms with Crippen molar-refractivity contribution in [1.82, 2.24) is 40.4 Å². The first-order valence-electron chi connectivity index (χ1n) is 20.6. The molecule has 5 aromatic rings. The van der Waals surface area contributed by atoms with Crippen molar-refractivity contribution in [3.63, 3.8) is 0 Å². The number of nitrogens with zero attached hydrogens (tertiary/aromatic N) is 4. The maximum atomic E-state index is 13.6. The predicted molar refractivity (Wildman–Crippen MR) is 226 cm³/mol. The van der Waals surface area contributed by atoms with Crippen molar-refractivity contribution in [2.75, 3.05) is 27.3 Å². The summed E-state index contributed by atoms with van der Waals surface area (Å²) in [7, 11) is 2.58. The fourth-order valence-electron chi connectivity index (χ4n) is 8.00. The monoisotopic (exact) mass is 876 g/mol. The second-order valence-electron chi connectivity index (χ2n) is 16.2. The van der Waals surface area contributed by atoms with Crippen LogP contribution in [0.25, 0.3) is 44.2 Å². The minimum Gasteiger partial charge on any atom is -0.475 e. The van der Waals surface area contributed by atoms with E-state index >= 15 is 0 Å². The van der Waals surface area contributed by atoms with Crippen molar-refractivity contribution >= 4 is 51.8 Å². The second-order valence-corrected chi connectivity index (χ2v) is 16.2. The lowest BCUT2D eigenvalue weighted by atomic mass is 9.99. The quantitative estimate of drug-likeness (QED) is 0.0933. The summed E-state index contributed by atoms with van der Waals surface area (Å²) in [6.07, 6.45) is -1.27. The van der Waals surface area contributed by atoms with E-state index in [0.717, 1.165) is 81.5 Å². The number of carboxylic acid groups (broad SMARTS) is 1. The van der Waals surface area contributed by atoms with E-state index in [0.29, 0.717) is 13.1 Å². The molecule has 2 aliphatic rings. The SMILES string of the molecule is COC(=O)N[C@H](C(=O)N1CCC[C@H]1c1ncc(-c2ccc3cc(-c4ccc5nc([C@@H]6CCCN6C(=O)[C@@H](NC(=O)OC)C(C)C)[nH]c5c4)ccc3c2)[nH]1)C(C)C.O=C(O)C(F)(F)F. The number of carbonyl (C=O) groups is 5. The molecule has 2 fully saturated rings. The number of likely N-dealkylation sites (tertiary alicyclic amines) is 2. The number of carboxylic acids is 1. The van der Waals surface area contributed by atoms with Crippen LogP contribution in [0.15, 0.2) is 60.8 Å². The molecule has 4 amide bonds. The van der Waals surface area contributed by atoms with Gasteiger partial charge in [0, 0.05) is 18.7 Å². The van der Waals surface area contributed by atoms with Crippen molar-refractivity contribution in [1.29, 1.82) is 0 Å².